The maximum absolute atomic E-state index is 12.4. The van der Waals surface area contributed by atoms with Crippen LogP contribution in [0.2, 0.25) is 0 Å². The van der Waals surface area contributed by atoms with Crippen LogP contribution < -0.4 is 10.7 Å². The Balaban J connectivity index is 1.65. The van der Waals surface area contributed by atoms with Crippen LogP contribution in [-0.2, 0) is 4.79 Å². The Kier molecular flexibility index (Phi) is 6.90. The van der Waals surface area contributed by atoms with Crippen molar-refractivity contribution in [3.8, 4) is 0 Å². The third-order valence-corrected chi connectivity index (χ3v) is 5.17. The van der Waals surface area contributed by atoms with E-state index >= 15 is 0 Å². The third-order valence-electron chi connectivity index (χ3n) is 5.17. The molecular weight excluding hydrogens is 384 g/mol. The van der Waals surface area contributed by atoms with Crippen molar-refractivity contribution in [2.24, 2.45) is 11.0 Å². The van der Waals surface area contributed by atoms with E-state index in [4.69, 9.17) is 0 Å². The van der Waals surface area contributed by atoms with E-state index in [0.29, 0.717) is 11.4 Å². The monoisotopic (exact) mass is 408 g/mol. The summed E-state index contributed by atoms with van der Waals surface area (Å²) < 4.78 is 0. The summed E-state index contributed by atoms with van der Waals surface area (Å²) in [6.45, 7) is 1.73. The van der Waals surface area contributed by atoms with Gasteiger partial charge in [0.15, 0.2) is 0 Å². The molecule has 1 saturated carbocycles. The molecule has 0 aromatic heterocycles. The molecule has 0 heterocycles. The Hall–Kier alpha value is -3.55. The molecule has 2 amide bonds. The first kappa shape index (κ1) is 21.2. The Morgan fingerprint density at radius 3 is 2.47 bits per heavy atom. The average molecular weight is 408 g/mol. The number of non-ortho nitro benzene ring substituents is 1. The molecule has 0 radical (unpaired) electrons. The van der Waals surface area contributed by atoms with Crippen molar-refractivity contribution in [2.75, 3.05) is 5.32 Å². The Morgan fingerprint density at radius 1 is 1.03 bits per heavy atom. The molecule has 156 valence electrons. The minimum atomic E-state index is -0.557. The standard InChI is InChI=1S/C22H24N4O4/c1-15(24-25-22(28)18-10-6-12-20(14-18)26(29)30)17-9-5-11-19(13-17)23-21(27)16-7-3-2-4-8-16/h5-6,9-14,16H,2-4,7-8H2,1H3,(H,23,27)(H,25,28)/b24-15+. The van der Waals surface area contributed by atoms with Crippen LogP contribution in [0.5, 0.6) is 0 Å². The number of hydrazone groups is 1. The second-order valence-electron chi connectivity index (χ2n) is 7.35. The van der Waals surface area contributed by atoms with Crippen LogP contribution in [0.4, 0.5) is 11.4 Å². The predicted octanol–water partition coefficient (Wildman–Crippen LogP) is 4.27. The molecule has 0 bridgehead atoms. The van der Waals surface area contributed by atoms with Gasteiger partial charge >= 0.3 is 0 Å². The van der Waals surface area contributed by atoms with Crippen LogP contribution in [0.25, 0.3) is 0 Å². The van der Waals surface area contributed by atoms with Gasteiger partial charge in [-0.3, -0.25) is 19.7 Å². The van der Waals surface area contributed by atoms with Crippen LogP contribution in [0.3, 0.4) is 0 Å². The van der Waals surface area contributed by atoms with Crippen molar-refractivity contribution in [3.63, 3.8) is 0 Å². The molecule has 0 spiro atoms. The smallest absolute Gasteiger partial charge is 0.271 e. The summed E-state index contributed by atoms with van der Waals surface area (Å²) in [6, 6.07) is 12.7. The minimum Gasteiger partial charge on any atom is -0.326 e. The zero-order chi connectivity index (χ0) is 21.5. The highest BCUT2D eigenvalue weighted by molar-refractivity contribution is 6.02. The van der Waals surface area contributed by atoms with Gasteiger partial charge in [-0.1, -0.05) is 37.5 Å². The number of nitrogens with zero attached hydrogens (tertiary/aromatic N) is 2. The van der Waals surface area contributed by atoms with Crippen LogP contribution in [0, 0.1) is 16.0 Å². The molecule has 1 fully saturated rings. The van der Waals surface area contributed by atoms with Crippen molar-refractivity contribution in [3.05, 3.63) is 69.8 Å². The van der Waals surface area contributed by atoms with Gasteiger partial charge in [0, 0.05) is 29.3 Å². The SMILES string of the molecule is C/C(=N\NC(=O)c1cccc([N+](=O)[O-])c1)c1cccc(NC(=O)C2CCCCC2)c1. The summed E-state index contributed by atoms with van der Waals surface area (Å²) in [5.74, 6) is -0.438. The molecule has 8 nitrogen and oxygen atoms in total. The van der Waals surface area contributed by atoms with Gasteiger partial charge in [0.25, 0.3) is 11.6 Å². The number of nitro benzene ring substituents is 1. The molecular formula is C22H24N4O4. The molecule has 2 aromatic carbocycles. The number of hydrogen-bond acceptors (Lipinski definition) is 5. The molecule has 0 unspecified atom stereocenters. The summed E-state index contributed by atoms with van der Waals surface area (Å²) in [4.78, 5) is 35.0. The largest absolute Gasteiger partial charge is 0.326 e. The highest BCUT2D eigenvalue weighted by atomic mass is 16.6. The number of carbonyl (C=O) groups excluding carboxylic acids is 2. The van der Waals surface area contributed by atoms with Crippen LogP contribution >= 0.6 is 0 Å². The Bertz CT molecular complexity index is 981. The lowest BCUT2D eigenvalue weighted by molar-refractivity contribution is -0.384. The number of anilines is 1. The quantitative estimate of drug-likeness (QED) is 0.422. The fourth-order valence-corrected chi connectivity index (χ4v) is 3.46. The van der Waals surface area contributed by atoms with Gasteiger partial charge < -0.3 is 5.32 Å². The molecule has 8 heteroatoms. The van der Waals surface area contributed by atoms with Gasteiger partial charge in [-0.2, -0.15) is 5.10 Å². The first-order chi connectivity index (χ1) is 14.4. The van der Waals surface area contributed by atoms with Gasteiger partial charge in [0.05, 0.1) is 10.6 Å². The molecule has 1 aliphatic rings. The highest BCUT2D eigenvalue weighted by Gasteiger charge is 2.21. The van der Waals surface area contributed by atoms with E-state index in [1.165, 1.54) is 30.7 Å². The molecule has 2 aromatic rings. The highest BCUT2D eigenvalue weighted by Crippen LogP contribution is 2.25. The number of carbonyl (C=O) groups is 2. The fraction of sp³-hybridized carbons (Fsp3) is 0.318. The van der Waals surface area contributed by atoms with E-state index in [-0.39, 0.29) is 23.1 Å². The first-order valence-electron chi connectivity index (χ1n) is 9.94. The van der Waals surface area contributed by atoms with Crippen LogP contribution in [-0.4, -0.2) is 22.4 Å². The summed E-state index contributed by atoms with van der Waals surface area (Å²) in [6.07, 6.45) is 5.23. The van der Waals surface area contributed by atoms with Gasteiger partial charge in [0.1, 0.15) is 0 Å². The molecule has 0 aliphatic heterocycles. The van der Waals surface area contributed by atoms with Crippen LogP contribution in [0.15, 0.2) is 53.6 Å². The topological polar surface area (TPSA) is 114 Å². The zero-order valence-electron chi connectivity index (χ0n) is 16.8. The number of benzene rings is 2. The number of rotatable bonds is 6. The number of hydrogen-bond donors (Lipinski definition) is 2. The zero-order valence-corrected chi connectivity index (χ0v) is 16.8. The van der Waals surface area contributed by atoms with Crippen molar-refractivity contribution >= 4 is 28.9 Å². The molecule has 1 aliphatic carbocycles. The Morgan fingerprint density at radius 2 is 1.73 bits per heavy atom. The van der Waals surface area contributed by atoms with Crippen molar-refractivity contribution in [1.82, 2.24) is 5.43 Å². The van der Waals surface area contributed by atoms with E-state index < -0.39 is 10.8 Å². The van der Waals surface area contributed by atoms with Gasteiger partial charge in [-0.05, 0) is 43.5 Å². The van der Waals surface area contributed by atoms with E-state index in [1.54, 1.807) is 13.0 Å². The van der Waals surface area contributed by atoms with Gasteiger partial charge in [-0.25, -0.2) is 5.43 Å². The third kappa shape index (κ3) is 5.50. The second kappa shape index (κ2) is 9.78. The van der Waals surface area contributed by atoms with E-state index in [2.05, 4.69) is 15.8 Å². The lowest BCUT2D eigenvalue weighted by Gasteiger charge is -2.20. The molecule has 2 N–H and O–H groups in total. The minimum absolute atomic E-state index is 0.0421. The summed E-state index contributed by atoms with van der Waals surface area (Å²) >= 11 is 0. The van der Waals surface area contributed by atoms with Gasteiger partial charge in [0.2, 0.25) is 5.91 Å². The van der Waals surface area contributed by atoms with Crippen molar-refractivity contribution < 1.29 is 14.5 Å². The molecule has 30 heavy (non-hydrogen) atoms. The Labute approximate surface area is 174 Å². The molecule has 0 atom stereocenters. The van der Waals surface area contributed by atoms with Crippen molar-refractivity contribution in [1.29, 1.82) is 0 Å². The normalized spacial score (nSPS) is 14.8. The molecule has 0 saturated heterocycles. The molecule has 3 rings (SSSR count). The summed E-state index contributed by atoms with van der Waals surface area (Å²) in [5.41, 5.74) is 4.37. The maximum Gasteiger partial charge on any atom is 0.271 e. The fourth-order valence-electron chi connectivity index (χ4n) is 3.46. The number of nitro groups is 1. The van der Waals surface area contributed by atoms with Crippen LogP contribution in [0.1, 0.15) is 54.9 Å². The lowest BCUT2D eigenvalue weighted by atomic mass is 9.88. The maximum atomic E-state index is 12.4. The number of amides is 2. The van der Waals surface area contributed by atoms with E-state index in [9.17, 15) is 19.7 Å². The average Bonchev–Trinajstić information content (AvgIpc) is 2.78. The lowest BCUT2D eigenvalue weighted by Crippen LogP contribution is -2.24. The summed E-state index contributed by atoms with van der Waals surface area (Å²) in [7, 11) is 0. The summed E-state index contributed by atoms with van der Waals surface area (Å²) in [5, 5.41) is 17.9. The van der Waals surface area contributed by atoms with E-state index in [1.807, 2.05) is 18.2 Å². The van der Waals surface area contributed by atoms with Gasteiger partial charge in [-0.15, -0.1) is 0 Å². The van der Waals surface area contributed by atoms with E-state index in [0.717, 1.165) is 31.2 Å². The first-order valence-corrected chi connectivity index (χ1v) is 9.94. The number of nitrogens with one attached hydrogen (secondary N) is 2. The van der Waals surface area contributed by atoms with Crippen molar-refractivity contribution in [2.45, 2.75) is 39.0 Å². The second-order valence-corrected chi connectivity index (χ2v) is 7.35. The predicted molar refractivity (Wildman–Crippen MR) is 114 cm³/mol.